The van der Waals surface area contributed by atoms with E-state index in [1.165, 1.54) is 13.8 Å². The molecule has 6 saturated heterocycles. The standard InChI is InChI=1S/C68H104O34/c1-25-48(97-55-44(80)37(73)31(72)23-90-55)43(79)47(83)56(91-25)101-53-52(100-57-45(81)39(75)33(95-57)24-89-27(3)70)49(93-28(4)71)26(2)92-60(53)102-62(88)68-19-17-63(5,6)21-30(68)29-11-12-34-64(7)15-14-36(67(10,61(86)87)35(64)13-16-66(34,9)65(29,8)18-20-68)96-59-51(42(78)41(77)50(98-59)54(84)85)99-58-46(82)40(76)38(74)32(22-69)94-58/h11,25-26,30-53,55-60,69,72-83H,12-24H2,1-10H3,(H,84,85)(H,86,87)/t25-,26+,30-,31+,32+,33+,34+,35+,36-,37-,38-,39+,40-,41-,42-,43-,44+,45+,46+,47+,48-,49-,50-,51+,52-,53+,55-,56-,57-,58-,59+,60-,64+,65+,66+,67-,68-/m0/s1. The first-order valence-electron chi connectivity index (χ1n) is 35.3. The minimum atomic E-state index is -2.16. The van der Waals surface area contributed by atoms with Crippen LogP contribution in [-0.4, -0.2) is 304 Å². The molecular formula is C68H104O34. The van der Waals surface area contributed by atoms with Gasteiger partial charge in [-0.25, -0.2) is 4.79 Å². The molecule has 11 aliphatic rings. The van der Waals surface area contributed by atoms with Crippen LogP contribution in [0, 0.1) is 50.2 Å². The molecule has 580 valence electrons. The van der Waals surface area contributed by atoms with Crippen LogP contribution >= 0.6 is 0 Å². The number of hydrogen-bond donors (Lipinski definition) is 15. The topological polar surface area (TPSA) is 518 Å². The summed E-state index contributed by atoms with van der Waals surface area (Å²) in [6.07, 6.45) is -45.0. The Labute approximate surface area is 588 Å². The third kappa shape index (κ3) is 13.8. The largest absolute Gasteiger partial charge is 0.481 e. The van der Waals surface area contributed by atoms with Gasteiger partial charge < -0.3 is 143 Å². The molecular weight excluding hydrogens is 1360 g/mol. The number of aliphatic hydroxyl groups is 13. The number of esters is 3. The van der Waals surface area contributed by atoms with Crippen molar-refractivity contribution in [2.45, 2.75) is 312 Å². The predicted molar refractivity (Wildman–Crippen MR) is 335 cm³/mol. The zero-order chi connectivity index (χ0) is 74.7. The number of ether oxygens (including phenoxy) is 14. The van der Waals surface area contributed by atoms with Crippen LogP contribution in [0.5, 0.6) is 0 Å². The van der Waals surface area contributed by atoms with Gasteiger partial charge in [-0.05, 0) is 124 Å². The molecule has 0 spiro atoms. The number of aliphatic carboxylic acids is 2. The molecule has 5 aliphatic carbocycles. The molecule has 102 heavy (non-hydrogen) atoms. The van der Waals surface area contributed by atoms with Crippen molar-refractivity contribution in [2.24, 2.45) is 50.2 Å². The third-order valence-electron chi connectivity index (χ3n) is 25.5. The summed E-state index contributed by atoms with van der Waals surface area (Å²) < 4.78 is 84.4. The first-order chi connectivity index (χ1) is 47.7. The molecule has 0 aromatic carbocycles. The molecule has 0 bridgehead atoms. The highest BCUT2D eigenvalue weighted by Gasteiger charge is 2.72. The van der Waals surface area contributed by atoms with Gasteiger partial charge in [-0.1, -0.05) is 46.3 Å². The lowest BCUT2D eigenvalue weighted by Crippen LogP contribution is -2.68. The van der Waals surface area contributed by atoms with Crippen molar-refractivity contribution in [3.05, 3.63) is 11.6 Å². The number of carboxylic acids is 2. The summed E-state index contributed by atoms with van der Waals surface area (Å²) in [4.78, 5) is 67.8. The minimum Gasteiger partial charge on any atom is -0.481 e. The minimum absolute atomic E-state index is 0.0385. The van der Waals surface area contributed by atoms with Gasteiger partial charge in [0.25, 0.3) is 0 Å². The number of allylic oxidation sites excluding steroid dienone is 2. The van der Waals surface area contributed by atoms with Gasteiger partial charge in [0.15, 0.2) is 49.8 Å². The highest BCUT2D eigenvalue weighted by atomic mass is 16.8. The average Bonchev–Trinajstić information content (AvgIpc) is 0.737. The average molecular weight is 1470 g/mol. The molecule has 4 saturated carbocycles. The molecule has 10 fully saturated rings. The van der Waals surface area contributed by atoms with E-state index in [0.29, 0.717) is 51.4 Å². The van der Waals surface area contributed by atoms with E-state index in [0.717, 1.165) is 19.4 Å². The van der Waals surface area contributed by atoms with E-state index >= 15 is 4.79 Å². The number of carbonyl (C=O) groups excluding carboxylic acids is 3. The Balaban J connectivity index is 0.890. The summed E-state index contributed by atoms with van der Waals surface area (Å²) in [5, 5.41) is 164. The van der Waals surface area contributed by atoms with Crippen molar-refractivity contribution in [1.29, 1.82) is 0 Å². The Bertz CT molecular complexity index is 3060. The van der Waals surface area contributed by atoms with Gasteiger partial charge in [-0.2, -0.15) is 0 Å². The lowest BCUT2D eigenvalue weighted by atomic mass is 9.33. The van der Waals surface area contributed by atoms with Crippen LogP contribution in [-0.2, 0) is 90.3 Å². The van der Waals surface area contributed by atoms with Crippen LogP contribution in [0.2, 0.25) is 0 Å². The quantitative estimate of drug-likeness (QED) is 0.0286. The number of fused-ring (bicyclic) bond motifs is 7. The van der Waals surface area contributed by atoms with E-state index in [4.69, 9.17) is 66.3 Å². The van der Waals surface area contributed by atoms with Gasteiger partial charge in [0.05, 0.1) is 42.4 Å². The lowest BCUT2D eigenvalue weighted by molar-refractivity contribution is -0.382. The van der Waals surface area contributed by atoms with Crippen molar-refractivity contribution in [3.63, 3.8) is 0 Å². The number of aliphatic hydroxyl groups excluding tert-OH is 13. The summed E-state index contributed by atoms with van der Waals surface area (Å²) >= 11 is 0. The molecule has 0 radical (unpaired) electrons. The van der Waals surface area contributed by atoms with E-state index < -0.39 is 267 Å². The van der Waals surface area contributed by atoms with Crippen LogP contribution in [0.25, 0.3) is 0 Å². The Kier molecular flexibility index (Phi) is 23.0. The predicted octanol–water partition coefficient (Wildman–Crippen LogP) is -2.75. The van der Waals surface area contributed by atoms with Gasteiger partial charge in [0, 0.05) is 13.8 Å². The second-order valence-corrected chi connectivity index (χ2v) is 31.9. The molecule has 15 N–H and O–H groups in total. The maximum absolute atomic E-state index is 16.1. The first-order valence-corrected chi connectivity index (χ1v) is 35.3. The highest BCUT2D eigenvalue weighted by Crippen LogP contribution is 2.76. The monoisotopic (exact) mass is 1460 g/mol. The van der Waals surface area contributed by atoms with E-state index in [-0.39, 0.29) is 24.2 Å². The van der Waals surface area contributed by atoms with Crippen molar-refractivity contribution < 1.29 is 167 Å². The number of rotatable bonds is 18. The van der Waals surface area contributed by atoms with Gasteiger partial charge in [-0.3, -0.25) is 19.2 Å². The maximum atomic E-state index is 16.1. The lowest BCUT2D eigenvalue weighted by Gasteiger charge is -2.71. The van der Waals surface area contributed by atoms with Gasteiger partial charge in [0.2, 0.25) is 6.29 Å². The maximum Gasteiger partial charge on any atom is 0.335 e. The SMILES string of the molecule is CC(=O)OC[C@H]1O[C@@H](O[C@H]2[C@@H](OC(C)=O)[C@@H](C)O[C@@H](OC(=O)[C@]34CCC(C)(C)C[C@H]3C3=CC[C@@H]5[C@@]6(C)CC[C@H](O[C@@H]7O[C@H](C(=O)O)[C@@H](O)[C@H](O)[C@H]7O[C@@H]7O[C@H](CO)[C@H](O)[C@H](O)[C@H]7O)[C@@](C)(C(=O)O)[C@@H]6CC[C@@]5(C)[C@]3(C)CC4)[C@@H]2O[C@@H]2O[C@@H](C)[C@H](O[C@@H]3OC[C@@H](O)[C@H](O)[C@H]3O)[C@@H](O)[C@H]2O)[C@H](O)[C@@H]1O. The number of carboxylic acid groups (broad SMARTS) is 2. The molecule has 0 unspecified atom stereocenters. The normalized spacial score (nSPS) is 51.5. The molecule has 34 heteroatoms. The van der Waals surface area contributed by atoms with Crippen LogP contribution in [0.3, 0.4) is 0 Å². The van der Waals surface area contributed by atoms with E-state index in [1.807, 2.05) is 0 Å². The number of hydrogen-bond acceptors (Lipinski definition) is 32. The first kappa shape index (κ1) is 79.2. The molecule has 37 atom stereocenters. The van der Waals surface area contributed by atoms with E-state index in [2.05, 4.69) is 40.7 Å². The van der Waals surface area contributed by atoms with Crippen molar-refractivity contribution >= 4 is 29.8 Å². The van der Waals surface area contributed by atoms with Gasteiger partial charge in [0.1, 0.15) is 110 Å². The van der Waals surface area contributed by atoms with E-state index in [9.17, 15) is 95.8 Å². The van der Waals surface area contributed by atoms with Crippen molar-refractivity contribution in [3.8, 4) is 0 Å². The smallest absolute Gasteiger partial charge is 0.335 e. The Morgan fingerprint density at radius 3 is 1.74 bits per heavy atom. The number of carbonyl (C=O) groups is 5. The summed E-state index contributed by atoms with van der Waals surface area (Å²) in [6.45, 7) is 15.6. The van der Waals surface area contributed by atoms with Crippen LogP contribution in [0.4, 0.5) is 0 Å². The highest BCUT2D eigenvalue weighted by molar-refractivity contribution is 5.79. The summed E-state index contributed by atoms with van der Waals surface area (Å²) in [5.41, 5.74) is -4.36. The van der Waals surface area contributed by atoms with E-state index in [1.54, 1.807) is 6.92 Å². The molecule has 11 rings (SSSR count). The summed E-state index contributed by atoms with van der Waals surface area (Å²) in [5.74, 6) is -6.62. The Morgan fingerprint density at radius 2 is 1.09 bits per heavy atom. The molecule has 6 aliphatic heterocycles. The zero-order valence-electron chi connectivity index (χ0n) is 58.7. The van der Waals surface area contributed by atoms with Crippen LogP contribution in [0.1, 0.15) is 133 Å². The molecule has 0 aromatic heterocycles. The Morgan fingerprint density at radius 1 is 0.520 bits per heavy atom. The van der Waals surface area contributed by atoms with Crippen molar-refractivity contribution in [1.82, 2.24) is 0 Å². The van der Waals surface area contributed by atoms with Gasteiger partial charge >= 0.3 is 29.8 Å². The second-order valence-electron chi connectivity index (χ2n) is 31.9. The Hall–Kier alpha value is -3.87. The molecule has 6 heterocycles. The van der Waals surface area contributed by atoms with Gasteiger partial charge in [-0.15, -0.1) is 0 Å². The zero-order valence-corrected chi connectivity index (χ0v) is 58.7. The molecule has 34 nitrogen and oxygen atoms in total. The fourth-order valence-corrected chi connectivity index (χ4v) is 19.3. The molecule has 0 amide bonds. The second kappa shape index (κ2) is 29.6. The fourth-order valence-electron chi connectivity index (χ4n) is 19.3. The summed E-state index contributed by atoms with van der Waals surface area (Å²) in [7, 11) is 0. The van der Waals surface area contributed by atoms with Crippen LogP contribution in [0.15, 0.2) is 11.6 Å². The van der Waals surface area contributed by atoms with Crippen molar-refractivity contribution in [2.75, 3.05) is 19.8 Å². The third-order valence-corrected chi connectivity index (χ3v) is 25.5. The fraction of sp³-hybridized carbons (Fsp3) is 0.897. The molecule has 0 aromatic rings. The summed E-state index contributed by atoms with van der Waals surface area (Å²) in [6, 6.07) is 0. The van der Waals surface area contributed by atoms with Crippen LogP contribution < -0.4 is 0 Å².